The van der Waals surface area contributed by atoms with Crippen LogP contribution in [0.5, 0.6) is 0 Å². The molecule has 4 heteroatoms. The van der Waals surface area contributed by atoms with E-state index in [2.05, 4.69) is 6.58 Å². The van der Waals surface area contributed by atoms with E-state index in [0.717, 1.165) is 0 Å². The van der Waals surface area contributed by atoms with E-state index in [-0.39, 0.29) is 17.6 Å². The molecule has 64 valence electrons. The zero-order valence-electron chi connectivity index (χ0n) is 6.32. The Morgan fingerprint density at radius 3 is 2.82 bits per heavy atom. The Balaban J connectivity index is 2.36. The Morgan fingerprint density at radius 1 is 1.64 bits per heavy atom. The molecule has 0 radical (unpaired) electrons. The lowest BCUT2D eigenvalue weighted by molar-refractivity contribution is 0.0939. The summed E-state index contributed by atoms with van der Waals surface area (Å²) < 4.78 is 27.0. The third kappa shape index (κ3) is 2.63. The molecule has 0 bridgehead atoms. The maximum absolute atomic E-state index is 10.9. The van der Waals surface area contributed by atoms with Gasteiger partial charge in [-0.15, -0.1) is 6.58 Å². The Hall–Kier alpha value is -0.350. The maximum atomic E-state index is 10.9. The molecule has 0 saturated carbocycles. The van der Waals surface area contributed by atoms with Gasteiger partial charge in [0.2, 0.25) is 0 Å². The summed E-state index contributed by atoms with van der Waals surface area (Å²) in [7, 11) is -2.79. The van der Waals surface area contributed by atoms with E-state index in [4.69, 9.17) is 4.74 Å². The molecule has 1 aliphatic heterocycles. The molecular weight excluding hydrogens is 164 g/mol. The first-order valence-electron chi connectivity index (χ1n) is 3.57. The summed E-state index contributed by atoms with van der Waals surface area (Å²) in [6, 6.07) is 0. The van der Waals surface area contributed by atoms with E-state index in [1.165, 1.54) is 0 Å². The number of sulfone groups is 1. The third-order valence-electron chi connectivity index (χ3n) is 1.64. The lowest BCUT2D eigenvalue weighted by Crippen LogP contribution is -2.14. The van der Waals surface area contributed by atoms with Gasteiger partial charge in [-0.25, -0.2) is 8.42 Å². The highest BCUT2D eigenvalue weighted by atomic mass is 32.2. The summed E-state index contributed by atoms with van der Waals surface area (Å²) >= 11 is 0. The van der Waals surface area contributed by atoms with Gasteiger partial charge in [-0.2, -0.15) is 0 Å². The molecule has 1 heterocycles. The Morgan fingerprint density at radius 2 is 2.36 bits per heavy atom. The summed E-state index contributed by atoms with van der Waals surface area (Å²) in [5.41, 5.74) is 0. The van der Waals surface area contributed by atoms with E-state index in [9.17, 15) is 8.42 Å². The number of ether oxygens (including phenoxy) is 1. The molecule has 0 aromatic carbocycles. The van der Waals surface area contributed by atoms with Gasteiger partial charge in [0.1, 0.15) is 0 Å². The van der Waals surface area contributed by atoms with E-state index < -0.39 is 9.84 Å². The van der Waals surface area contributed by atoms with Crippen LogP contribution in [0.1, 0.15) is 6.42 Å². The summed E-state index contributed by atoms with van der Waals surface area (Å²) in [5, 5.41) is 0. The van der Waals surface area contributed by atoms with Crippen LogP contribution in [-0.4, -0.2) is 32.6 Å². The number of hydrogen-bond donors (Lipinski definition) is 0. The largest absolute Gasteiger partial charge is 0.373 e. The van der Waals surface area contributed by atoms with Gasteiger partial charge in [0.25, 0.3) is 0 Å². The van der Waals surface area contributed by atoms with Crippen LogP contribution in [0, 0.1) is 0 Å². The Kier molecular flexibility index (Phi) is 2.67. The van der Waals surface area contributed by atoms with Crippen molar-refractivity contribution in [3.63, 3.8) is 0 Å². The molecule has 0 spiro atoms. The second-order valence-corrected chi connectivity index (χ2v) is 4.88. The molecular formula is C7H12O3S. The third-order valence-corrected chi connectivity index (χ3v) is 3.38. The quantitative estimate of drug-likeness (QED) is 0.584. The maximum Gasteiger partial charge on any atom is 0.152 e. The molecule has 0 aliphatic carbocycles. The van der Waals surface area contributed by atoms with E-state index in [1.54, 1.807) is 6.08 Å². The summed E-state index contributed by atoms with van der Waals surface area (Å²) in [5.74, 6) is 0.454. The SMILES string of the molecule is C=CCO[C@H]1CCS(=O)(=O)C1. The van der Waals surface area contributed by atoms with Crippen LogP contribution in [-0.2, 0) is 14.6 Å². The number of hydrogen-bond acceptors (Lipinski definition) is 3. The molecule has 1 fully saturated rings. The van der Waals surface area contributed by atoms with Gasteiger partial charge < -0.3 is 4.74 Å². The van der Waals surface area contributed by atoms with Crippen molar-refractivity contribution in [1.82, 2.24) is 0 Å². The van der Waals surface area contributed by atoms with Crippen molar-refractivity contribution in [1.29, 1.82) is 0 Å². The van der Waals surface area contributed by atoms with Gasteiger partial charge >= 0.3 is 0 Å². The second kappa shape index (κ2) is 3.36. The van der Waals surface area contributed by atoms with Gasteiger partial charge in [-0.3, -0.25) is 0 Å². The highest BCUT2D eigenvalue weighted by molar-refractivity contribution is 7.91. The molecule has 0 amide bonds. The summed E-state index contributed by atoms with van der Waals surface area (Å²) in [6.45, 7) is 3.93. The lowest BCUT2D eigenvalue weighted by Gasteiger charge is -2.05. The normalized spacial score (nSPS) is 28.5. The molecule has 1 rings (SSSR count). The van der Waals surface area contributed by atoms with Gasteiger partial charge in [0.05, 0.1) is 24.2 Å². The van der Waals surface area contributed by atoms with Gasteiger partial charge in [-0.05, 0) is 6.42 Å². The van der Waals surface area contributed by atoms with Crippen molar-refractivity contribution in [2.24, 2.45) is 0 Å². The van der Waals surface area contributed by atoms with Crippen LogP contribution < -0.4 is 0 Å². The smallest absolute Gasteiger partial charge is 0.152 e. The standard InChI is InChI=1S/C7H12O3S/c1-2-4-10-7-3-5-11(8,9)6-7/h2,7H,1,3-6H2/t7-/m0/s1. The van der Waals surface area contributed by atoms with Crippen LogP contribution in [0.25, 0.3) is 0 Å². The first kappa shape index (κ1) is 8.74. The van der Waals surface area contributed by atoms with Crippen molar-refractivity contribution in [3.8, 4) is 0 Å². The molecule has 3 nitrogen and oxygen atoms in total. The fourth-order valence-electron chi connectivity index (χ4n) is 1.10. The van der Waals surface area contributed by atoms with E-state index in [1.807, 2.05) is 0 Å². The van der Waals surface area contributed by atoms with Crippen molar-refractivity contribution in [2.45, 2.75) is 12.5 Å². The molecule has 1 atom stereocenters. The first-order valence-corrected chi connectivity index (χ1v) is 5.39. The summed E-state index contributed by atoms with van der Waals surface area (Å²) in [6.07, 6.45) is 2.17. The molecule has 11 heavy (non-hydrogen) atoms. The van der Waals surface area contributed by atoms with Gasteiger partial charge in [0.15, 0.2) is 9.84 Å². The van der Waals surface area contributed by atoms with Crippen LogP contribution in [0.2, 0.25) is 0 Å². The van der Waals surface area contributed by atoms with Crippen LogP contribution in [0.3, 0.4) is 0 Å². The lowest BCUT2D eigenvalue weighted by atomic mass is 10.3. The fraction of sp³-hybridized carbons (Fsp3) is 0.714. The monoisotopic (exact) mass is 176 g/mol. The topological polar surface area (TPSA) is 43.4 Å². The molecule has 0 unspecified atom stereocenters. The van der Waals surface area contributed by atoms with Crippen molar-refractivity contribution >= 4 is 9.84 Å². The molecule has 0 aromatic rings. The van der Waals surface area contributed by atoms with Crippen LogP contribution >= 0.6 is 0 Å². The average molecular weight is 176 g/mol. The van der Waals surface area contributed by atoms with Crippen molar-refractivity contribution in [3.05, 3.63) is 12.7 Å². The van der Waals surface area contributed by atoms with Crippen molar-refractivity contribution < 1.29 is 13.2 Å². The minimum Gasteiger partial charge on any atom is -0.373 e. The van der Waals surface area contributed by atoms with Crippen molar-refractivity contribution in [2.75, 3.05) is 18.1 Å². The highest BCUT2D eigenvalue weighted by Crippen LogP contribution is 2.14. The molecule has 0 N–H and O–H groups in total. The van der Waals surface area contributed by atoms with Gasteiger partial charge in [0, 0.05) is 0 Å². The molecule has 1 saturated heterocycles. The number of rotatable bonds is 3. The highest BCUT2D eigenvalue weighted by Gasteiger charge is 2.27. The van der Waals surface area contributed by atoms with Crippen LogP contribution in [0.4, 0.5) is 0 Å². The minimum atomic E-state index is -2.79. The fourth-order valence-corrected chi connectivity index (χ4v) is 2.71. The van der Waals surface area contributed by atoms with E-state index >= 15 is 0 Å². The molecule has 0 aromatic heterocycles. The zero-order chi connectivity index (χ0) is 8.32. The average Bonchev–Trinajstić information content (AvgIpc) is 2.26. The predicted molar refractivity (Wildman–Crippen MR) is 43.2 cm³/mol. The predicted octanol–water partition coefficient (Wildman–Crippen LogP) is 0.376. The second-order valence-electron chi connectivity index (χ2n) is 2.65. The van der Waals surface area contributed by atoms with E-state index in [0.29, 0.717) is 13.0 Å². The van der Waals surface area contributed by atoms with Gasteiger partial charge in [-0.1, -0.05) is 6.08 Å². The molecule has 1 aliphatic rings. The Bertz CT molecular complexity index is 230. The first-order chi connectivity index (χ1) is 5.14. The Labute approximate surface area is 67.0 Å². The summed E-state index contributed by atoms with van der Waals surface area (Å²) in [4.78, 5) is 0. The van der Waals surface area contributed by atoms with Crippen LogP contribution in [0.15, 0.2) is 12.7 Å². The zero-order valence-corrected chi connectivity index (χ0v) is 7.14. The minimum absolute atomic E-state index is 0.0991.